The van der Waals surface area contributed by atoms with Gasteiger partial charge in [-0.25, -0.2) is 13.4 Å². The molecule has 1 heterocycles. The normalized spacial score (nSPS) is 11.5. The van der Waals surface area contributed by atoms with Crippen LogP contribution in [0.1, 0.15) is 11.1 Å². The lowest BCUT2D eigenvalue weighted by molar-refractivity contribution is 0.282. The van der Waals surface area contributed by atoms with E-state index in [1.54, 1.807) is 30.3 Å². The number of sulfone groups is 1. The van der Waals surface area contributed by atoms with Gasteiger partial charge in [-0.2, -0.15) is 0 Å². The number of benzene rings is 1. The number of aromatic nitrogens is 1. The Balaban J connectivity index is 2.28. The summed E-state index contributed by atoms with van der Waals surface area (Å²) in [6, 6.07) is 9.78. The molecule has 0 fully saturated rings. The molecule has 0 saturated heterocycles. The molecule has 100 valence electrons. The zero-order valence-corrected chi connectivity index (χ0v) is 11.5. The lowest BCUT2D eigenvalue weighted by Gasteiger charge is -2.06. The minimum absolute atomic E-state index is 0.0703. The smallest absolute Gasteiger partial charge is 0.201 e. The number of nitrogens with zero attached hydrogens (tertiary/aromatic N) is 1. The van der Waals surface area contributed by atoms with Crippen LogP contribution in [-0.2, 0) is 22.2 Å². The van der Waals surface area contributed by atoms with Crippen molar-refractivity contribution in [1.82, 2.24) is 4.98 Å². The summed E-state index contributed by atoms with van der Waals surface area (Å²) < 4.78 is 24.4. The van der Waals surface area contributed by atoms with E-state index in [4.69, 9.17) is 16.7 Å². The minimum Gasteiger partial charge on any atom is -0.392 e. The van der Waals surface area contributed by atoms with Crippen molar-refractivity contribution in [2.24, 2.45) is 0 Å². The van der Waals surface area contributed by atoms with Gasteiger partial charge in [-0.3, -0.25) is 0 Å². The molecule has 0 atom stereocenters. The van der Waals surface area contributed by atoms with Crippen molar-refractivity contribution in [2.45, 2.75) is 17.4 Å². The van der Waals surface area contributed by atoms with Crippen molar-refractivity contribution in [3.05, 3.63) is 58.7 Å². The third-order valence-electron chi connectivity index (χ3n) is 2.58. The summed E-state index contributed by atoms with van der Waals surface area (Å²) in [5, 5.41) is 8.94. The van der Waals surface area contributed by atoms with Gasteiger partial charge in [0.2, 0.25) is 9.84 Å². The van der Waals surface area contributed by atoms with Gasteiger partial charge in [0.05, 0.1) is 17.4 Å². The fourth-order valence-corrected chi connectivity index (χ4v) is 3.46. The van der Waals surface area contributed by atoms with Crippen LogP contribution in [-0.4, -0.2) is 18.5 Å². The molecule has 0 radical (unpaired) electrons. The lowest BCUT2D eigenvalue weighted by Crippen LogP contribution is -2.07. The fourth-order valence-electron chi connectivity index (χ4n) is 1.63. The predicted molar refractivity (Wildman–Crippen MR) is 72.5 cm³/mol. The Morgan fingerprint density at radius 1 is 1.11 bits per heavy atom. The second-order valence-electron chi connectivity index (χ2n) is 4.02. The summed E-state index contributed by atoms with van der Waals surface area (Å²) in [4.78, 5) is 3.82. The standard InChI is InChI=1S/C13H12ClNO3S/c14-12-2-1-7-15-13(12)19(17,18)9-11-5-3-10(8-16)4-6-11/h1-7,16H,8-9H2. The van der Waals surface area contributed by atoms with Gasteiger partial charge in [-0.1, -0.05) is 35.9 Å². The molecule has 0 bridgehead atoms. The highest BCUT2D eigenvalue weighted by atomic mass is 35.5. The molecule has 2 aromatic rings. The zero-order chi connectivity index (χ0) is 13.9. The van der Waals surface area contributed by atoms with Crippen LogP contribution < -0.4 is 0 Å². The van der Waals surface area contributed by atoms with Gasteiger partial charge in [-0.05, 0) is 23.3 Å². The van der Waals surface area contributed by atoms with Crippen molar-refractivity contribution < 1.29 is 13.5 Å². The average Bonchev–Trinajstić information content (AvgIpc) is 2.39. The Hall–Kier alpha value is -1.43. The van der Waals surface area contributed by atoms with Crippen molar-refractivity contribution in [1.29, 1.82) is 0 Å². The van der Waals surface area contributed by atoms with Gasteiger partial charge in [0.25, 0.3) is 0 Å². The van der Waals surface area contributed by atoms with Crippen LogP contribution in [0.25, 0.3) is 0 Å². The summed E-state index contributed by atoms with van der Waals surface area (Å²) in [5.41, 5.74) is 1.36. The quantitative estimate of drug-likeness (QED) is 0.939. The maximum Gasteiger partial charge on any atom is 0.201 e. The summed E-state index contributed by atoms with van der Waals surface area (Å²) in [6.45, 7) is -0.0703. The first kappa shape index (κ1) is 14.0. The van der Waals surface area contributed by atoms with Crippen LogP contribution >= 0.6 is 11.6 Å². The number of hydrogen-bond donors (Lipinski definition) is 1. The monoisotopic (exact) mass is 297 g/mol. The summed E-state index contributed by atoms with van der Waals surface area (Å²) in [6.07, 6.45) is 1.40. The Bertz CT molecular complexity index is 669. The van der Waals surface area contributed by atoms with E-state index in [0.717, 1.165) is 5.56 Å². The van der Waals surface area contributed by atoms with Crippen molar-refractivity contribution in [3.8, 4) is 0 Å². The highest BCUT2D eigenvalue weighted by Crippen LogP contribution is 2.22. The van der Waals surface area contributed by atoms with Gasteiger partial charge in [0, 0.05) is 6.20 Å². The van der Waals surface area contributed by atoms with Crippen molar-refractivity contribution in [2.75, 3.05) is 0 Å². The summed E-state index contributed by atoms with van der Waals surface area (Å²) >= 11 is 5.85. The van der Waals surface area contributed by atoms with Gasteiger partial charge >= 0.3 is 0 Å². The van der Waals surface area contributed by atoms with Crippen LogP contribution in [0.4, 0.5) is 0 Å². The topological polar surface area (TPSA) is 67.3 Å². The number of aliphatic hydroxyl groups excluding tert-OH is 1. The van der Waals surface area contributed by atoms with Crippen LogP contribution in [0, 0.1) is 0 Å². The molecule has 1 N–H and O–H groups in total. The second kappa shape index (κ2) is 5.69. The van der Waals surface area contributed by atoms with Gasteiger partial charge in [0.15, 0.2) is 5.03 Å². The summed E-state index contributed by atoms with van der Waals surface area (Å²) in [7, 11) is -3.57. The molecule has 0 saturated carbocycles. The Morgan fingerprint density at radius 3 is 2.32 bits per heavy atom. The van der Waals surface area contributed by atoms with Crippen LogP contribution in [0.15, 0.2) is 47.6 Å². The van der Waals surface area contributed by atoms with Gasteiger partial charge in [-0.15, -0.1) is 0 Å². The zero-order valence-electron chi connectivity index (χ0n) is 9.95. The van der Waals surface area contributed by atoms with Crippen molar-refractivity contribution >= 4 is 21.4 Å². The van der Waals surface area contributed by atoms with E-state index in [9.17, 15) is 8.42 Å². The molecule has 1 aromatic heterocycles. The molecule has 1 aromatic carbocycles. The van der Waals surface area contributed by atoms with E-state index >= 15 is 0 Å². The first-order valence-electron chi connectivity index (χ1n) is 5.55. The molecular weight excluding hydrogens is 286 g/mol. The second-order valence-corrected chi connectivity index (χ2v) is 6.34. The minimum atomic E-state index is -3.57. The Labute approximate surface area is 116 Å². The highest BCUT2D eigenvalue weighted by Gasteiger charge is 2.19. The van der Waals surface area contributed by atoms with Gasteiger partial charge < -0.3 is 5.11 Å². The molecule has 0 aliphatic heterocycles. The molecule has 0 spiro atoms. The maximum atomic E-state index is 12.2. The summed E-state index contributed by atoms with van der Waals surface area (Å²) in [5.74, 6) is -0.171. The van der Waals surface area contributed by atoms with Gasteiger partial charge in [0.1, 0.15) is 0 Å². The van der Waals surface area contributed by atoms with E-state index in [2.05, 4.69) is 4.98 Å². The van der Waals surface area contributed by atoms with Crippen LogP contribution in [0.3, 0.4) is 0 Å². The Morgan fingerprint density at radius 2 is 1.74 bits per heavy atom. The van der Waals surface area contributed by atoms with E-state index in [1.165, 1.54) is 12.3 Å². The molecule has 0 aliphatic carbocycles. The largest absolute Gasteiger partial charge is 0.392 e. The molecule has 4 nitrogen and oxygen atoms in total. The molecule has 6 heteroatoms. The number of aliphatic hydroxyl groups is 1. The van der Waals surface area contributed by atoms with Crippen LogP contribution in [0.5, 0.6) is 0 Å². The number of rotatable bonds is 4. The molecule has 2 rings (SSSR count). The molecule has 0 unspecified atom stereocenters. The molecular formula is C13H12ClNO3S. The van der Waals surface area contributed by atoms with E-state index in [1.807, 2.05) is 0 Å². The first-order valence-corrected chi connectivity index (χ1v) is 7.58. The Kier molecular flexibility index (Phi) is 4.19. The number of hydrogen-bond acceptors (Lipinski definition) is 4. The average molecular weight is 298 g/mol. The first-order chi connectivity index (χ1) is 9.03. The fraction of sp³-hybridized carbons (Fsp3) is 0.154. The third-order valence-corrected chi connectivity index (χ3v) is 4.63. The van der Waals surface area contributed by atoms with Crippen molar-refractivity contribution in [3.63, 3.8) is 0 Å². The van der Waals surface area contributed by atoms with Crippen LogP contribution in [0.2, 0.25) is 5.02 Å². The predicted octanol–water partition coefficient (Wildman–Crippen LogP) is 2.20. The maximum absolute atomic E-state index is 12.2. The van der Waals surface area contributed by atoms with E-state index in [-0.39, 0.29) is 22.4 Å². The highest BCUT2D eigenvalue weighted by molar-refractivity contribution is 7.90. The molecule has 0 amide bonds. The van der Waals surface area contributed by atoms with E-state index in [0.29, 0.717) is 5.56 Å². The molecule has 19 heavy (non-hydrogen) atoms. The number of pyridine rings is 1. The lowest BCUT2D eigenvalue weighted by atomic mass is 10.2. The SMILES string of the molecule is O=S(=O)(Cc1ccc(CO)cc1)c1ncccc1Cl. The third kappa shape index (κ3) is 3.32. The van der Waals surface area contributed by atoms with E-state index < -0.39 is 9.84 Å². The molecule has 0 aliphatic rings. The number of halogens is 1.